The zero-order valence-corrected chi connectivity index (χ0v) is 17.7. The highest BCUT2D eigenvalue weighted by molar-refractivity contribution is 5.46. The standard InChI is InChI=1S/C23H37FN2O2/c1-17(2)22-9-4-18(3)14-23(22)28-16-21(27)15-25-10-12-26(13-11-25)20-7-5-19(24)6-8-20/h5-8,17-18,21-23,27H,4,9-16H2,1-3H3/p+1/t18-,21-,22-,23-/m1/s1. The fourth-order valence-corrected chi connectivity index (χ4v) is 4.87. The van der Waals surface area contributed by atoms with Crippen LogP contribution in [0.3, 0.4) is 0 Å². The molecule has 0 unspecified atom stereocenters. The van der Waals surface area contributed by atoms with Crippen molar-refractivity contribution in [2.24, 2.45) is 17.8 Å². The normalized spacial score (nSPS) is 27.9. The van der Waals surface area contributed by atoms with Gasteiger partial charge in [-0.3, -0.25) is 0 Å². The van der Waals surface area contributed by atoms with E-state index in [-0.39, 0.29) is 5.82 Å². The molecule has 2 N–H and O–H groups in total. The van der Waals surface area contributed by atoms with Gasteiger partial charge in [0.15, 0.2) is 0 Å². The van der Waals surface area contributed by atoms with Crippen LogP contribution in [0, 0.1) is 23.6 Å². The van der Waals surface area contributed by atoms with E-state index < -0.39 is 6.10 Å². The van der Waals surface area contributed by atoms with Crippen molar-refractivity contribution >= 4 is 5.69 Å². The van der Waals surface area contributed by atoms with Crippen LogP contribution in [0.5, 0.6) is 0 Å². The van der Waals surface area contributed by atoms with Gasteiger partial charge in [0, 0.05) is 5.69 Å². The molecule has 2 aliphatic rings. The SMILES string of the molecule is CC(C)[C@H]1CC[C@@H](C)C[C@H]1OC[C@H](O)C[NH+]1CCN(c2ccc(F)cc2)CC1. The van der Waals surface area contributed by atoms with Gasteiger partial charge in [-0.2, -0.15) is 0 Å². The van der Waals surface area contributed by atoms with Crippen LogP contribution in [0.1, 0.15) is 40.0 Å². The molecule has 1 aromatic carbocycles. The van der Waals surface area contributed by atoms with Gasteiger partial charge in [-0.25, -0.2) is 4.39 Å². The maximum Gasteiger partial charge on any atom is 0.126 e. The van der Waals surface area contributed by atoms with Crippen molar-refractivity contribution in [3.8, 4) is 0 Å². The Balaban J connectivity index is 1.40. The lowest BCUT2D eigenvalue weighted by molar-refractivity contribution is -0.903. The van der Waals surface area contributed by atoms with E-state index in [0.717, 1.165) is 50.7 Å². The van der Waals surface area contributed by atoms with Gasteiger partial charge in [-0.1, -0.05) is 27.2 Å². The third kappa shape index (κ3) is 5.91. The minimum Gasteiger partial charge on any atom is -0.385 e. The van der Waals surface area contributed by atoms with E-state index in [1.807, 2.05) is 12.1 Å². The van der Waals surface area contributed by atoms with Crippen molar-refractivity contribution in [2.75, 3.05) is 44.2 Å². The molecular formula is C23H38FN2O2+. The van der Waals surface area contributed by atoms with E-state index in [1.165, 1.54) is 29.9 Å². The molecule has 0 radical (unpaired) electrons. The van der Waals surface area contributed by atoms with E-state index >= 15 is 0 Å². The van der Waals surface area contributed by atoms with Gasteiger partial charge in [0.25, 0.3) is 0 Å². The summed E-state index contributed by atoms with van der Waals surface area (Å²) < 4.78 is 19.3. The summed E-state index contributed by atoms with van der Waals surface area (Å²) in [6.45, 7) is 11.9. The number of aliphatic hydroxyl groups excluding tert-OH is 1. The minimum atomic E-state index is -0.405. The topological polar surface area (TPSA) is 37.1 Å². The average molecular weight is 394 g/mol. The highest BCUT2D eigenvalue weighted by Crippen LogP contribution is 2.35. The first kappa shape index (κ1) is 21.5. The maximum atomic E-state index is 13.1. The van der Waals surface area contributed by atoms with Gasteiger partial charge in [0.1, 0.15) is 18.5 Å². The Morgan fingerprint density at radius 3 is 2.50 bits per heavy atom. The van der Waals surface area contributed by atoms with Crippen LogP contribution in [-0.4, -0.2) is 56.6 Å². The van der Waals surface area contributed by atoms with Crippen molar-refractivity contribution in [3.63, 3.8) is 0 Å². The first-order valence-electron chi connectivity index (χ1n) is 11.1. The number of nitrogens with one attached hydrogen (secondary N) is 1. The fourth-order valence-electron chi connectivity index (χ4n) is 4.87. The van der Waals surface area contributed by atoms with Crippen LogP contribution < -0.4 is 9.80 Å². The summed E-state index contributed by atoms with van der Waals surface area (Å²) in [5, 5.41) is 10.5. The van der Waals surface area contributed by atoms with Crippen molar-refractivity contribution in [1.29, 1.82) is 0 Å². The zero-order chi connectivity index (χ0) is 20.1. The van der Waals surface area contributed by atoms with Gasteiger partial charge in [0.2, 0.25) is 0 Å². The molecule has 0 amide bonds. The third-order valence-electron chi connectivity index (χ3n) is 6.65. The number of aliphatic hydroxyl groups is 1. The van der Waals surface area contributed by atoms with Crippen LogP contribution in [0.4, 0.5) is 10.1 Å². The molecule has 2 fully saturated rings. The largest absolute Gasteiger partial charge is 0.385 e. The van der Waals surface area contributed by atoms with Crippen molar-refractivity contribution in [2.45, 2.75) is 52.2 Å². The van der Waals surface area contributed by atoms with E-state index in [0.29, 0.717) is 24.5 Å². The summed E-state index contributed by atoms with van der Waals surface area (Å²) in [6.07, 6.45) is 3.56. The molecule has 4 atom stereocenters. The number of quaternary nitrogens is 1. The van der Waals surface area contributed by atoms with Crippen molar-refractivity contribution in [3.05, 3.63) is 30.1 Å². The number of ether oxygens (including phenoxy) is 1. The molecule has 1 aliphatic heterocycles. The quantitative estimate of drug-likeness (QED) is 0.747. The zero-order valence-electron chi connectivity index (χ0n) is 17.7. The molecule has 158 valence electrons. The maximum absolute atomic E-state index is 13.1. The average Bonchev–Trinajstić information content (AvgIpc) is 2.67. The van der Waals surface area contributed by atoms with Crippen LogP contribution >= 0.6 is 0 Å². The molecule has 3 rings (SSSR count). The molecule has 0 bridgehead atoms. The minimum absolute atomic E-state index is 0.191. The third-order valence-corrected chi connectivity index (χ3v) is 6.65. The lowest BCUT2D eigenvalue weighted by atomic mass is 9.75. The first-order valence-corrected chi connectivity index (χ1v) is 11.1. The number of halogens is 1. The summed E-state index contributed by atoms with van der Waals surface area (Å²) in [5.74, 6) is 1.79. The number of benzene rings is 1. The molecular weight excluding hydrogens is 355 g/mol. The summed E-state index contributed by atoms with van der Waals surface area (Å²) in [4.78, 5) is 3.72. The monoisotopic (exact) mass is 393 g/mol. The number of hydrogen-bond acceptors (Lipinski definition) is 3. The Morgan fingerprint density at radius 1 is 1.18 bits per heavy atom. The Labute approximate surface area is 169 Å². The van der Waals surface area contributed by atoms with Crippen molar-refractivity contribution < 1.29 is 19.1 Å². The number of piperazine rings is 1. The van der Waals surface area contributed by atoms with E-state index in [4.69, 9.17) is 4.74 Å². The predicted molar refractivity (Wildman–Crippen MR) is 111 cm³/mol. The summed E-state index contributed by atoms with van der Waals surface area (Å²) in [7, 11) is 0. The lowest BCUT2D eigenvalue weighted by Crippen LogP contribution is -3.16. The molecule has 0 spiro atoms. The Hall–Kier alpha value is -1.17. The molecule has 4 nitrogen and oxygen atoms in total. The predicted octanol–water partition coefficient (Wildman–Crippen LogP) is 2.37. The molecule has 1 aliphatic carbocycles. The van der Waals surface area contributed by atoms with Crippen LogP contribution in [0.2, 0.25) is 0 Å². The smallest absolute Gasteiger partial charge is 0.126 e. The van der Waals surface area contributed by atoms with Crippen LogP contribution in [0.15, 0.2) is 24.3 Å². The number of nitrogens with zero attached hydrogens (tertiary/aromatic N) is 1. The number of rotatable bonds is 7. The Kier molecular flexibility index (Phi) is 7.72. The second-order valence-electron chi connectivity index (χ2n) is 9.27. The molecule has 0 aromatic heterocycles. The van der Waals surface area contributed by atoms with Gasteiger partial charge in [0.05, 0.1) is 38.9 Å². The Bertz CT molecular complexity index is 587. The number of hydrogen-bond donors (Lipinski definition) is 2. The van der Waals surface area contributed by atoms with Crippen molar-refractivity contribution in [1.82, 2.24) is 0 Å². The van der Waals surface area contributed by atoms with Gasteiger partial charge >= 0.3 is 0 Å². The second-order valence-corrected chi connectivity index (χ2v) is 9.27. The molecule has 28 heavy (non-hydrogen) atoms. The lowest BCUT2D eigenvalue weighted by Gasteiger charge is -2.38. The van der Waals surface area contributed by atoms with Gasteiger partial charge < -0.3 is 19.6 Å². The Morgan fingerprint density at radius 2 is 1.86 bits per heavy atom. The van der Waals surface area contributed by atoms with Crippen LogP contribution in [-0.2, 0) is 4.74 Å². The van der Waals surface area contributed by atoms with E-state index in [9.17, 15) is 9.50 Å². The van der Waals surface area contributed by atoms with E-state index in [1.54, 1.807) is 0 Å². The fraction of sp³-hybridized carbons (Fsp3) is 0.739. The van der Waals surface area contributed by atoms with E-state index in [2.05, 4.69) is 25.7 Å². The first-order chi connectivity index (χ1) is 13.4. The highest BCUT2D eigenvalue weighted by Gasteiger charge is 2.32. The molecule has 1 saturated carbocycles. The molecule has 1 saturated heterocycles. The van der Waals surface area contributed by atoms with Gasteiger partial charge in [-0.05, 0) is 54.9 Å². The van der Waals surface area contributed by atoms with Crippen LogP contribution in [0.25, 0.3) is 0 Å². The summed E-state index contributed by atoms with van der Waals surface area (Å²) in [5.41, 5.74) is 1.08. The van der Waals surface area contributed by atoms with Gasteiger partial charge in [-0.15, -0.1) is 0 Å². The summed E-state index contributed by atoms with van der Waals surface area (Å²) >= 11 is 0. The molecule has 1 heterocycles. The highest BCUT2D eigenvalue weighted by atomic mass is 19.1. The summed E-state index contributed by atoms with van der Waals surface area (Å²) in [6, 6.07) is 6.73. The number of anilines is 1. The molecule has 1 aromatic rings. The molecule has 5 heteroatoms. The second kappa shape index (κ2) is 10.0.